The van der Waals surface area contributed by atoms with Gasteiger partial charge in [0.1, 0.15) is 5.84 Å². The number of nitrogens with one attached hydrogen (secondary N) is 1. The summed E-state index contributed by atoms with van der Waals surface area (Å²) >= 11 is 1.41. The molecule has 0 spiro atoms. The molecule has 4 rings (SSSR count). The SMILES string of the molecule is COc1ccc(N=C(C)N2CCc3nc(C(=O)Nc4ccccc4N)sc3C2)cc1OC. The van der Waals surface area contributed by atoms with Gasteiger partial charge in [-0.25, -0.2) is 9.98 Å². The van der Waals surface area contributed by atoms with E-state index in [0.29, 0.717) is 34.4 Å². The Morgan fingerprint density at radius 2 is 1.97 bits per heavy atom. The molecule has 1 aliphatic rings. The van der Waals surface area contributed by atoms with Crippen molar-refractivity contribution in [2.75, 3.05) is 31.8 Å². The zero-order valence-electron chi connectivity index (χ0n) is 18.2. The first kappa shape index (κ1) is 21.6. The number of amidine groups is 1. The molecule has 1 aliphatic heterocycles. The van der Waals surface area contributed by atoms with Crippen molar-refractivity contribution < 1.29 is 14.3 Å². The van der Waals surface area contributed by atoms with E-state index in [-0.39, 0.29) is 5.91 Å². The van der Waals surface area contributed by atoms with Gasteiger partial charge in [0, 0.05) is 23.9 Å². The third kappa shape index (κ3) is 4.52. The van der Waals surface area contributed by atoms with Crippen LogP contribution >= 0.6 is 11.3 Å². The molecule has 3 aromatic rings. The Morgan fingerprint density at radius 3 is 2.72 bits per heavy atom. The highest BCUT2D eigenvalue weighted by Gasteiger charge is 2.24. The molecule has 0 bridgehead atoms. The molecule has 0 saturated heterocycles. The summed E-state index contributed by atoms with van der Waals surface area (Å²) in [4.78, 5) is 25.2. The lowest BCUT2D eigenvalue weighted by atomic mass is 10.2. The highest BCUT2D eigenvalue weighted by molar-refractivity contribution is 7.13. The van der Waals surface area contributed by atoms with Crippen LogP contribution in [0.5, 0.6) is 11.5 Å². The number of hydrogen-bond donors (Lipinski definition) is 2. The van der Waals surface area contributed by atoms with Crippen LogP contribution in [0, 0.1) is 0 Å². The number of nitrogen functional groups attached to an aromatic ring is 1. The zero-order valence-corrected chi connectivity index (χ0v) is 19.0. The monoisotopic (exact) mass is 451 g/mol. The number of hydrogen-bond acceptors (Lipinski definition) is 7. The molecule has 0 aliphatic carbocycles. The maximum Gasteiger partial charge on any atom is 0.284 e. The minimum absolute atomic E-state index is 0.246. The Hall–Kier alpha value is -3.59. The Balaban J connectivity index is 1.48. The van der Waals surface area contributed by atoms with Gasteiger partial charge in [0.25, 0.3) is 5.91 Å². The standard InChI is InChI=1S/C23H25N5O3S/c1-14(25-15-8-9-19(30-2)20(12-15)31-3)28-11-10-18-21(13-28)32-23(27-18)22(29)26-17-7-5-4-6-16(17)24/h4-9,12H,10-11,13,24H2,1-3H3,(H,26,29). The van der Waals surface area contributed by atoms with Gasteiger partial charge in [0.2, 0.25) is 0 Å². The fourth-order valence-corrected chi connectivity index (χ4v) is 4.53. The Labute approximate surface area is 190 Å². The number of carbonyl (C=O) groups excluding carboxylic acids is 1. The van der Waals surface area contributed by atoms with E-state index in [1.54, 1.807) is 26.4 Å². The number of amides is 1. The molecule has 1 amide bonds. The first-order chi connectivity index (χ1) is 15.5. The number of rotatable bonds is 5. The predicted octanol–water partition coefficient (Wildman–Crippen LogP) is 4.10. The molecule has 8 nitrogen and oxygen atoms in total. The quantitative estimate of drug-likeness (QED) is 0.344. The van der Waals surface area contributed by atoms with Crippen molar-refractivity contribution >= 4 is 40.1 Å². The lowest BCUT2D eigenvalue weighted by Gasteiger charge is -2.27. The second kappa shape index (κ2) is 9.27. The van der Waals surface area contributed by atoms with Crippen LogP contribution in [0.2, 0.25) is 0 Å². The number of anilines is 2. The van der Waals surface area contributed by atoms with E-state index in [1.165, 1.54) is 11.3 Å². The molecule has 166 valence electrons. The maximum absolute atomic E-state index is 12.7. The van der Waals surface area contributed by atoms with Crippen LogP contribution in [-0.2, 0) is 13.0 Å². The van der Waals surface area contributed by atoms with Crippen molar-refractivity contribution in [2.24, 2.45) is 4.99 Å². The molecule has 32 heavy (non-hydrogen) atoms. The molecule has 0 unspecified atom stereocenters. The summed E-state index contributed by atoms with van der Waals surface area (Å²) in [6.07, 6.45) is 0.755. The number of benzene rings is 2. The summed E-state index contributed by atoms with van der Waals surface area (Å²) in [5.74, 6) is 1.95. The first-order valence-electron chi connectivity index (χ1n) is 10.1. The lowest BCUT2D eigenvalue weighted by molar-refractivity contribution is 0.102. The number of aliphatic imine (C=N–C) groups is 1. The number of para-hydroxylation sites is 2. The Morgan fingerprint density at radius 1 is 1.19 bits per heavy atom. The van der Waals surface area contributed by atoms with Gasteiger partial charge in [-0.15, -0.1) is 11.3 Å². The van der Waals surface area contributed by atoms with Gasteiger partial charge in [-0.1, -0.05) is 12.1 Å². The van der Waals surface area contributed by atoms with Crippen LogP contribution in [0.1, 0.15) is 27.3 Å². The number of nitrogens with two attached hydrogens (primary N) is 1. The van der Waals surface area contributed by atoms with Gasteiger partial charge in [0.15, 0.2) is 16.5 Å². The molecule has 1 aromatic heterocycles. The molecule has 0 saturated carbocycles. The van der Waals surface area contributed by atoms with E-state index in [2.05, 4.69) is 15.2 Å². The first-order valence-corrected chi connectivity index (χ1v) is 11.0. The van der Waals surface area contributed by atoms with Gasteiger partial charge < -0.3 is 25.4 Å². The van der Waals surface area contributed by atoms with Crippen molar-refractivity contribution in [3.05, 3.63) is 58.0 Å². The lowest BCUT2D eigenvalue weighted by Crippen LogP contribution is -2.33. The molecule has 3 N–H and O–H groups in total. The topological polar surface area (TPSA) is 102 Å². The van der Waals surface area contributed by atoms with E-state index in [1.807, 2.05) is 37.3 Å². The molecular formula is C23H25N5O3S. The fourth-order valence-electron chi connectivity index (χ4n) is 3.51. The van der Waals surface area contributed by atoms with Crippen LogP contribution < -0.4 is 20.5 Å². The van der Waals surface area contributed by atoms with E-state index in [9.17, 15) is 4.79 Å². The van der Waals surface area contributed by atoms with Gasteiger partial charge in [0.05, 0.1) is 43.5 Å². The number of nitrogens with zero attached hydrogens (tertiary/aromatic N) is 3. The van der Waals surface area contributed by atoms with Crippen LogP contribution in [0.4, 0.5) is 17.1 Å². The fraction of sp³-hybridized carbons (Fsp3) is 0.261. The number of ether oxygens (including phenoxy) is 2. The Kier molecular flexibility index (Phi) is 6.27. The van der Waals surface area contributed by atoms with Crippen LogP contribution in [0.15, 0.2) is 47.5 Å². The number of methoxy groups -OCH3 is 2. The normalized spacial score (nSPS) is 13.5. The highest BCUT2D eigenvalue weighted by Crippen LogP contribution is 2.32. The van der Waals surface area contributed by atoms with E-state index in [4.69, 9.17) is 20.2 Å². The largest absolute Gasteiger partial charge is 0.493 e. The number of carbonyl (C=O) groups is 1. The van der Waals surface area contributed by atoms with Gasteiger partial charge in [-0.05, 0) is 31.2 Å². The van der Waals surface area contributed by atoms with Crippen molar-refractivity contribution in [3.8, 4) is 11.5 Å². The minimum Gasteiger partial charge on any atom is -0.493 e. The minimum atomic E-state index is -0.246. The number of thiazole rings is 1. The summed E-state index contributed by atoms with van der Waals surface area (Å²) in [6.45, 7) is 3.43. The molecule has 0 radical (unpaired) electrons. The van der Waals surface area contributed by atoms with Crippen LogP contribution in [-0.4, -0.2) is 42.4 Å². The van der Waals surface area contributed by atoms with Gasteiger partial charge in [-0.2, -0.15) is 0 Å². The average Bonchev–Trinajstić information content (AvgIpc) is 3.24. The molecule has 2 heterocycles. The van der Waals surface area contributed by atoms with Gasteiger partial charge >= 0.3 is 0 Å². The molecule has 9 heteroatoms. The third-order valence-corrected chi connectivity index (χ3v) is 6.33. The van der Waals surface area contributed by atoms with Crippen molar-refractivity contribution in [3.63, 3.8) is 0 Å². The second-order valence-electron chi connectivity index (χ2n) is 7.30. The van der Waals surface area contributed by atoms with Crippen LogP contribution in [0.25, 0.3) is 0 Å². The predicted molar refractivity (Wildman–Crippen MR) is 127 cm³/mol. The van der Waals surface area contributed by atoms with Gasteiger partial charge in [-0.3, -0.25) is 4.79 Å². The summed E-state index contributed by atoms with van der Waals surface area (Å²) in [5, 5.41) is 3.29. The summed E-state index contributed by atoms with van der Waals surface area (Å²) < 4.78 is 10.7. The molecule has 0 atom stereocenters. The molecule has 0 fully saturated rings. The van der Waals surface area contributed by atoms with Crippen molar-refractivity contribution in [1.82, 2.24) is 9.88 Å². The summed E-state index contributed by atoms with van der Waals surface area (Å²) in [7, 11) is 3.21. The van der Waals surface area contributed by atoms with E-state index in [0.717, 1.165) is 35.1 Å². The van der Waals surface area contributed by atoms with Crippen molar-refractivity contribution in [1.29, 1.82) is 0 Å². The second-order valence-corrected chi connectivity index (χ2v) is 8.38. The average molecular weight is 452 g/mol. The van der Waals surface area contributed by atoms with Crippen LogP contribution in [0.3, 0.4) is 0 Å². The highest BCUT2D eigenvalue weighted by atomic mass is 32.1. The van der Waals surface area contributed by atoms with Crippen molar-refractivity contribution in [2.45, 2.75) is 19.9 Å². The maximum atomic E-state index is 12.7. The smallest absolute Gasteiger partial charge is 0.284 e. The molecule has 2 aromatic carbocycles. The number of aromatic nitrogens is 1. The number of fused-ring (bicyclic) bond motifs is 1. The summed E-state index contributed by atoms with van der Waals surface area (Å²) in [6, 6.07) is 12.8. The zero-order chi connectivity index (χ0) is 22.7. The summed E-state index contributed by atoms with van der Waals surface area (Å²) in [5.41, 5.74) is 8.80. The third-order valence-electron chi connectivity index (χ3n) is 5.25. The molecular weight excluding hydrogens is 426 g/mol. The van der Waals surface area contributed by atoms with E-state index < -0.39 is 0 Å². The van der Waals surface area contributed by atoms with E-state index >= 15 is 0 Å². The Bertz CT molecular complexity index is 1170.